The Morgan fingerprint density at radius 2 is 1.89 bits per heavy atom. The lowest BCUT2D eigenvalue weighted by atomic mass is 10.2. The predicted molar refractivity (Wildman–Crippen MR) is 74.0 cm³/mol. The van der Waals surface area contributed by atoms with Crippen LogP contribution in [0.25, 0.3) is 0 Å². The maximum absolute atomic E-state index is 11.9. The van der Waals surface area contributed by atoms with Crippen molar-refractivity contribution in [3.05, 3.63) is 58.6 Å². The van der Waals surface area contributed by atoms with E-state index in [0.717, 1.165) is 21.4 Å². The van der Waals surface area contributed by atoms with Crippen molar-refractivity contribution in [2.75, 3.05) is 4.90 Å². The summed E-state index contributed by atoms with van der Waals surface area (Å²) in [5, 5.41) is 4.04. The average molecular weight is 302 g/mol. The topological polar surface area (TPSA) is 34.4 Å². The molecule has 0 spiro atoms. The van der Waals surface area contributed by atoms with E-state index in [4.69, 9.17) is 0 Å². The van der Waals surface area contributed by atoms with E-state index in [2.05, 4.69) is 21.2 Å². The monoisotopic (exact) mass is 301 g/mol. The van der Waals surface area contributed by atoms with Gasteiger partial charge in [-0.1, -0.05) is 46.3 Å². The quantitative estimate of drug-likeness (QED) is 0.830. The molecule has 0 aliphatic carbocycles. The van der Waals surface area contributed by atoms with Crippen LogP contribution in [-0.4, -0.2) is 6.03 Å². The lowest BCUT2D eigenvalue weighted by Gasteiger charge is -2.15. The molecule has 1 heterocycles. The van der Waals surface area contributed by atoms with Gasteiger partial charge in [-0.05, 0) is 23.8 Å². The molecule has 0 bridgehead atoms. The Balaban J connectivity index is 1.94. The van der Waals surface area contributed by atoms with E-state index in [-0.39, 0.29) is 6.03 Å². The van der Waals surface area contributed by atoms with Crippen LogP contribution in [-0.2, 0) is 6.54 Å². The Hall–Kier alpha value is -1.81. The molecule has 0 fully saturated rings. The van der Waals surface area contributed by atoms with Crippen LogP contribution < -0.4 is 10.2 Å². The van der Waals surface area contributed by atoms with Crippen molar-refractivity contribution in [1.82, 2.24) is 5.32 Å². The van der Waals surface area contributed by atoms with Crippen LogP contribution in [0.1, 0.15) is 5.56 Å². The maximum atomic E-state index is 11.9. The van der Waals surface area contributed by atoms with Crippen LogP contribution >= 0.6 is 15.9 Å². The molecule has 2 aromatic carbocycles. The van der Waals surface area contributed by atoms with Crippen LogP contribution in [0, 0.1) is 0 Å². The minimum Gasteiger partial charge on any atom is -0.286 e. The van der Waals surface area contributed by atoms with Crippen molar-refractivity contribution in [2.45, 2.75) is 6.54 Å². The summed E-state index contributed by atoms with van der Waals surface area (Å²) in [6.45, 7) is 0.548. The highest BCUT2D eigenvalue weighted by Crippen LogP contribution is 2.35. The normalized spacial score (nSPS) is 13.4. The summed E-state index contributed by atoms with van der Waals surface area (Å²) in [5.41, 5.74) is 2.69. The van der Waals surface area contributed by atoms with Gasteiger partial charge >= 0.3 is 6.03 Å². The number of anilines is 1. The summed E-state index contributed by atoms with van der Waals surface area (Å²) in [5.74, 6) is 0. The van der Waals surface area contributed by atoms with Crippen molar-refractivity contribution >= 4 is 33.3 Å². The van der Waals surface area contributed by atoms with Gasteiger partial charge in [-0.3, -0.25) is 4.90 Å². The van der Waals surface area contributed by atoms with Crippen molar-refractivity contribution in [3.63, 3.8) is 0 Å². The number of halogens is 1. The van der Waals surface area contributed by atoms with Gasteiger partial charge in [0.25, 0.3) is 0 Å². The number of rotatable bonds is 2. The van der Waals surface area contributed by atoms with E-state index >= 15 is 0 Å². The van der Waals surface area contributed by atoms with Gasteiger partial charge in [0.05, 0.1) is 17.9 Å². The van der Waals surface area contributed by atoms with Crippen molar-refractivity contribution in [1.29, 1.82) is 0 Å². The fraction of sp³-hybridized carbons (Fsp3) is 0.0714. The molecule has 2 aromatic rings. The summed E-state index contributed by atoms with van der Waals surface area (Å²) in [6, 6.07) is 15.4. The molecule has 3 rings (SSSR count). The summed E-state index contributed by atoms with van der Waals surface area (Å²) < 4.78 is 0.948. The largest absolute Gasteiger partial charge is 0.349 e. The molecule has 3 nitrogen and oxygen atoms in total. The second kappa shape index (κ2) is 4.46. The Bertz CT molecular complexity index is 598. The van der Waals surface area contributed by atoms with E-state index in [9.17, 15) is 4.79 Å². The number of benzene rings is 2. The summed E-state index contributed by atoms with van der Waals surface area (Å²) in [4.78, 5) is 13.6. The minimum absolute atomic E-state index is 0.202. The number of hydrogen-bond donors (Lipinski definition) is 0. The molecule has 18 heavy (non-hydrogen) atoms. The summed E-state index contributed by atoms with van der Waals surface area (Å²) >= 11 is 3.42. The molecule has 0 aromatic heterocycles. The summed E-state index contributed by atoms with van der Waals surface area (Å²) in [6.07, 6.45) is 0. The molecule has 2 amide bonds. The highest BCUT2D eigenvalue weighted by Gasteiger charge is 2.28. The highest BCUT2D eigenvalue weighted by molar-refractivity contribution is 9.10. The van der Waals surface area contributed by atoms with Gasteiger partial charge in [0.1, 0.15) is 0 Å². The molecule has 0 saturated carbocycles. The van der Waals surface area contributed by atoms with Crippen molar-refractivity contribution in [2.24, 2.45) is 0 Å². The van der Waals surface area contributed by atoms with Crippen molar-refractivity contribution < 1.29 is 4.79 Å². The number of amides is 2. The Kier molecular flexibility index (Phi) is 2.80. The number of fused-ring (bicyclic) bond motifs is 1. The first-order valence-corrected chi connectivity index (χ1v) is 6.40. The van der Waals surface area contributed by atoms with Gasteiger partial charge in [-0.25, -0.2) is 4.79 Å². The SMILES string of the molecule is O=C1[N]c2ccc(Br)cc2N1Cc1ccccc1. The molecule has 4 heteroatoms. The number of carbonyl (C=O) groups is 1. The maximum Gasteiger partial charge on any atom is 0.349 e. The van der Waals surface area contributed by atoms with E-state index in [1.54, 1.807) is 4.90 Å². The first-order valence-electron chi connectivity index (χ1n) is 5.61. The van der Waals surface area contributed by atoms with Crippen LogP contribution in [0.15, 0.2) is 53.0 Å². The molecule has 0 atom stereocenters. The third-order valence-corrected chi connectivity index (χ3v) is 3.35. The fourth-order valence-corrected chi connectivity index (χ4v) is 2.34. The molecule has 0 saturated heterocycles. The standard InChI is InChI=1S/C14H10BrN2O/c15-11-6-7-12-13(8-11)17(14(18)16-12)9-10-4-2-1-3-5-10/h1-8H,9H2. The predicted octanol–water partition coefficient (Wildman–Crippen LogP) is 3.83. The van der Waals surface area contributed by atoms with Crippen LogP contribution in [0.2, 0.25) is 0 Å². The van der Waals surface area contributed by atoms with E-state index in [1.165, 1.54) is 0 Å². The molecule has 89 valence electrons. The molecular weight excluding hydrogens is 292 g/mol. The molecule has 1 aliphatic rings. The molecule has 1 aliphatic heterocycles. The number of urea groups is 1. The van der Waals surface area contributed by atoms with E-state index in [0.29, 0.717) is 6.54 Å². The minimum atomic E-state index is -0.202. The molecule has 0 unspecified atom stereocenters. The van der Waals surface area contributed by atoms with Crippen LogP contribution in [0.4, 0.5) is 16.2 Å². The third kappa shape index (κ3) is 1.99. The van der Waals surface area contributed by atoms with Crippen LogP contribution in [0.5, 0.6) is 0 Å². The van der Waals surface area contributed by atoms with E-state index in [1.807, 2.05) is 48.5 Å². The second-order valence-electron chi connectivity index (χ2n) is 4.10. The second-order valence-corrected chi connectivity index (χ2v) is 5.01. The molecule has 0 N–H and O–H groups in total. The smallest absolute Gasteiger partial charge is 0.286 e. The summed E-state index contributed by atoms with van der Waals surface area (Å²) in [7, 11) is 0. The van der Waals surface area contributed by atoms with Crippen molar-refractivity contribution in [3.8, 4) is 0 Å². The first-order chi connectivity index (χ1) is 8.74. The van der Waals surface area contributed by atoms with Gasteiger partial charge in [0.2, 0.25) is 0 Å². The number of hydrogen-bond acceptors (Lipinski definition) is 1. The first kappa shape index (κ1) is 11.3. The lowest BCUT2D eigenvalue weighted by molar-refractivity contribution is 0.250. The fourth-order valence-electron chi connectivity index (χ4n) is 1.99. The zero-order valence-electron chi connectivity index (χ0n) is 9.51. The van der Waals surface area contributed by atoms with Gasteiger partial charge in [0.15, 0.2) is 0 Å². The Morgan fingerprint density at radius 3 is 2.67 bits per heavy atom. The average Bonchev–Trinajstić information content (AvgIpc) is 2.67. The van der Waals surface area contributed by atoms with E-state index < -0.39 is 0 Å². The Morgan fingerprint density at radius 1 is 1.11 bits per heavy atom. The third-order valence-electron chi connectivity index (χ3n) is 2.86. The van der Waals surface area contributed by atoms with Gasteiger partial charge < -0.3 is 0 Å². The zero-order valence-corrected chi connectivity index (χ0v) is 11.1. The van der Waals surface area contributed by atoms with Gasteiger partial charge in [-0.15, -0.1) is 0 Å². The highest BCUT2D eigenvalue weighted by atomic mass is 79.9. The zero-order chi connectivity index (χ0) is 12.5. The van der Waals surface area contributed by atoms with Gasteiger partial charge in [0, 0.05) is 4.47 Å². The van der Waals surface area contributed by atoms with Gasteiger partial charge in [-0.2, -0.15) is 5.32 Å². The lowest BCUT2D eigenvalue weighted by Crippen LogP contribution is -2.27. The van der Waals surface area contributed by atoms with Crippen LogP contribution in [0.3, 0.4) is 0 Å². The number of carbonyl (C=O) groups excluding carboxylic acids is 1. The Labute approximate surface area is 114 Å². The molecular formula is C14H10BrN2O. The molecule has 1 radical (unpaired) electrons. The number of nitrogens with zero attached hydrogens (tertiary/aromatic N) is 2.